The highest BCUT2D eigenvalue weighted by molar-refractivity contribution is 9.10. The number of nitrogens with one attached hydrogen (secondary N) is 2. The standard InChI is InChI=1S/C18H14BrN5O3S/c1-9-10(2)20-18(22-16(9)25)24-15(8-11(23-24)13-4-3-7-28-13)21-17(26)12-5-6-14(19)27-12/h3-8H,1-2H3,(H,21,26)(H,20,22,25). The molecule has 0 spiro atoms. The zero-order chi connectivity index (χ0) is 19.8. The first-order valence-electron chi connectivity index (χ1n) is 8.21. The number of hydrogen-bond acceptors (Lipinski definition) is 6. The number of furan rings is 1. The molecule has 0 saturated heterocycles. The Morgan fingerprint density at radius 3 is 2.79 bits per heavy atom. The van der Waals surface area contributed by atoms with Crippen LogP contribution in [0.1, 0.15) is 21.8 Å². The van der Waals surface area contributed by atoms with Gasteiger partial charge in [0.25, 0.3) is 11.5 Å². The molecular formula is C18H14BrN5O3S. The van der Waals surface area contributed by atoms with Crippen LogP contribution in [0.2, 0.25) is 0 Å². The minimum Gasteiger partial charge on any atom is -0.444 e. The molecule has 0 radical (unpaired) electrons. The second kappa shape index (κ2) is 7.21. The van der Waals surface area contributed by atoms with Crippen LogP contribution in [-0.4, -0.2) is 25.7 Å². The second-order valence-corrected chi connectivity index (χ2v) is 7.69. The molecule has 4 heterocycles. The lowest BCUT2D eigenvalue weighted by molar-refractivity contribution is 0.0994. The van der Waals surface area contributed by atoms with Gasteiger partial charge in [-0.05, 0) is 53.4 Å². The third-order valence-corrected chi connectivity index (χ3v) is 5.42. The molecule has 0 fully saturated rings. The van der Waals surface area contributed by atoms with E-state index in [9.17, 15) is 9.59 Å². The quantitative estimate of drug-likeness (QED) is 0.481. The Bertz CT molecular complexity index is 1220. The fraction of sp³-hybridized carbons (Fsp3) is 0.111. The maximum absolute atomic E-state index is 12.5. The van der Waals surface area contributed by atoms with Crippen LogP contribution in [0.25, 0.3) is 16.5 Å². The number of nitrogens with zero attached hydrogens (tertiary/aromatic N) is 3. The monoisotopic (exact) mass is 459 g/mol. The van der Waals surface area contributed by atoms with Crippen LogP contribution in [0.15, 0.2) is 49.6 Å². The van der Waals surface area contributed by atoms with Gasteiger partial charge in [-0.15, -0.1) is 11.3 Å². The lowest BCUT2D eigenvalue weighted by Gasteiger charge is -2.08. The normalized spacial score (nSPS) is 11.0. The second-order valence-electron chi connectivity index (χ2n) is 5.96. The average Bonchev–Trinajstić information content (AvgIpc) is 3.39. The summed E-state index contributed by atoms with van der Waals surface area (Å²) in [5.74, 6) is 0.258. The van der Waals surface area contributed by atoms with Gasteiger partial charge in [0.2, 0.25) is 5.95 Å². The summed E-state index contributed by atoms with van der Waals surface area (Å²) >= 11 is 4.69. The van der Waals surface area contributed by atoms with Gasteiger partial charge in [0.05, 0.1) is 4.88 Å². The van der Waals surface area contributed by atoms with Crippen LogP contribution < -0.4 is 10.9 Å². The number of aromatic nitrogens is 4. The van der Waals surface area contributed by atoms with Crippen molar-refractivity contribution in [2.45, 2.75) is 13.8 Å². The van der Waals surface area contributed by atoms with Crippen LogP contribution in [0, 0.1) is 13.8 Å². The topological polar surface area (TPSA) is 106 Å². The van der Waals surface area contributed by atoms with E-state index in [0.717, 1.165) is 4.88 Å². The molecule has 10 heteroatoms. The molecular weight excluding hydrogens is 446 g/mol. The SMILES string of the molecule is Cc1nc(-n2nc(-c3cccs3)cc2NC(=O)c2ccc(Br)o2)[nH]c(=O)c1C. The van der Waals surface area contributed by atoms with Crippen molar-refractivity contribution in [2.75, 3.05) is 5.32 Å². The summed E-state index contributed by atoms with van der Waals surface area (Å²) < 4.78 is 7.15. The fourth-order valence-electron chi connectivity index (χ4n) is 2.52. The molecule has 0 saturated carbocycles. The molecule has 4 rings (SSSR count). The van der Waals surface area contributed by atoms with Gasteiger partial charge in [0.1, 0.15) is 11.5 Å². The first kappa shape index (κ1) is 18.4. The smallest absolute Gasteiger partial charge is 0.292 e. The van der Waals surface area contributed by atoms with Crippen LogP contribution in [-0.2, 0) is 0 Å². The molecule has 1 amide bonds. The van der Waals surface area contributed by atoms with E-state index in [1.165, 1.54) is 16.0 Å². The lowest BCUT2D eigenvalue weighted by Crippen LogP contribution is -2.20. The largest absolute Gasteiger partial charge is 0.444 e. The summed E-state index contributed by atoms with van der Waals surface area (Å²) in [6, 6.07) is 8.73. The Morgan fingerprint density at radius 2 is 2.14 bits per heavy atom. The predicted octanol–water partition coefficient (Wildman–Crippen LogP) is 3.91. The summed E-state index contributed by atoms with van der Waals surface area (Å²) in [5.41, 5.74) is 1.49. The van der Waals surface area contributed by atoms with E-state index < -0.39 is 5.91 Å². The van der Waals surface area contributed by atoms with Crippen molar-refractivity contribution in [2.24, 2.45) is 0 Å². The number of thiophene rings is 1. The molecule has 142 valence electrons. The van der Waals surface area contributed by atoms with Gasteiger partial charge in [-0.1, -0.05) is 6.07 Å². The molecule has 0 aliphatic carbocycles. The zero-order valence-electron chi connectivity index (χ0n) is 14.8. The minimum atomic E-state index is -0.448. The first-order valence-corrected chi connectivity index (χ1v) is 9.88. The highest BCUT2D eigenvalue weighted by Crippen LogP contribution is 2.27. The third-order valence-electron chi connectivity index (χ3n) is 4.10. The number of aryl methyl sites for hydroxylation is 1. The number of halogens is 1. The molecule has 4 aromatic heterocycles. The number of anilines is 1. The van der Waals surface area contributed by atoms with Gasteiger partial charge in [0, 0.05) is 17.3 Å². The zero-order valence-corrected chi connectivity index (χ0v) is 17.2. The van der Waals surface area contributed by atoms with E-state index in [1.807, 2.05) is 17.5 Å². The van der Waals surface area contributed by atoms with E-state index in [0.29, 0.717) is 27.4 Å². The number of amides is 1. The van der Waals surface area contributed by atoms with E-state index >= 15 is 0 Å². The maximum atomic E-state index is 12.5. The van der Waals surface area contributed by atoms with Gasteiger partial charge in [-0.25, -0.2) is 4.98 Å². The van der Waals surface area contributed by atoms with Crippen molar-refractivity contribution in [1.29, 1.82) is 0 Å². The molecule has 28 heavy (non-hydrogen) atoms. The van der Waals surface area contributed by atoms with Gasteiger partial charge in [-0.3, -0.25) is 14.6 Å². The first-order chi connectivity index (χ1) is 13.4. The Balaban J connectivity index is 1.80. The van der Waals surface area contributed by atoms with Crippen molar-refractivity contribution < 1.29 is 9.21 Å². The van der Waals surface area contributed by atoms with Gasteiger partial charge in [-0.2, -0.15) is 9.78 Å². The number of carbonyl (C=O) groups excluding carboxylic acids is 1. The molecule has 0 aromatic carbocycles. The van der Waals surface area contributed by atoms with Crippen LogP contribution in [0.3, 0.4) is 0 Å². The molecule has 2 N–H and O–H groups in total. The van der Waals surface area contributed by atoms with Crippen LogP contribution in [0.4, 0.5) is 5.82 Å². The summed E-state index contributed by atoms with van der Waals surface area (Å²) in [5, 5.41) is 9.22. The van der Waals surface area contributed by atoms with E-state index in [2.05, 4.69) is 36.3 Å². The molecule has 4 aromatic rings. The van der Waals surface area contributed by atoms with Gasteiger partial charge < -0.3 is 9.73 Å². The number of carbonyl (C=O) groups is 1. The van der Waals surface area contributed by atoms with Crippen molar-refractivity contribution >= 4 is 39.0 Å². The van der Waals surface area contributed by atoms with Crippen molar-refractivity contribution in [1.82, 2.24) is 19.7 Å². The van der Waals surface area contributed by atoms with Gasteiger partial charge in [0.15, 0.2) is 10.4 Å². The molecule has 0 aliphatic rings. The highest BCUT2D eigenvalue weighted by Gasteiger charge is 2.19. The average molecular weight is 460 g/mol. The van der Waals surface area contributed by atoms with Crippen molar-refractivity contribution in [3.05, 3.63) is 67.8 Å². The van der Waals surface area contributed by atoms with Crippen molar-refractivity contribution in [3.8, 4) is 16.5 Å². The van der Waals surface area contributed by atoms with E-state index in [4.69, 9.17) is 4.42 Å². The number of rotatable bonds is 4. The molecule has 0 bridgehead atoms. The number of H-pyrrole nitrogens is 1. The lowest BCUT2D eigenvalue weighted by atomic mass is 10.3. The molecule has 0 unspecified atom stereocenters. The van der Waals surface area contributed by atoms with Crippen LogP contribution >= 0.6 is 27.3 Å². The Labute approximate surface area is 171 Å². The van der Waals surface area contributed by atoms with E-state index in [-0.39, 0.29) is 17.3 Å². The molecule has 0 aliphatic heterocycles. The van der Waals surface area contributed by atoms with Crippen molar-refractivity contribution in [3.63, 3.8) is 0 Å². The van der Waals surface area contributed by atoms with E-state index in [1.54, 1.807) is 32.0 Å². The minimum absolute atomic E-state index is 0.138. The molecule has 8 nitrogen and oxygen atoms in total. The van der Waals surface area contributed by atoms with Crippen LogP contribution in [0.5, 0.6) is 0 Å². The Kier molecular flexibility index (Phi) is 4.73. The fourth-order valence-corrected chi connectivity index (χ4v) is 3.51. The summed E-state index contributed by atoms with van der Waals surface area (Å²) in [6.07, 6.45) is 0. The maximum Gasteiger partial charge on any atom is 0.292 e. The highest BCUT2D eigenvalue weighted by atomic mass is 79.9. The molecule has 0 atom stereocenters. The summed E-state index contributed by atoms with van der Waals surface area (Å²) in [7, 11) is 0. The summed E-state index contributed by atoms with van der Waals surface area (Å²) in [6.45, 7) is 3.44. The Morgan fingerprint density at radius 1 is 1.32 bits per heavy atom. The number of aromatic amines is 1. The predicted molar refractivity (Wildman–Crippen MR) is 109 cm³/mol. The summed E-state index contributed by atoms with van der Waals surface area (Å²) in [4.78, 5) is 32.8. The number of hydrogen-bond donors (Lipinski definition) is 2. The Hall–Kier alpha value is -2.98. The van der Waals surface area contributed by atoms with Gasteiger partial charge >= 0.3 is 0 Å². The third kappa shape index (κ3) is 3.43.